The molecule has 118 valence electrons. The highest BCUT2D eigenvalue weighted by molar-refractivity contribution is 7.80. The maximum Gasteiger partial charge on any atom is 0.139 e. The summed E-state index contributed by atoms with van der Waals surface area (Å²) in [5, 5.41) is 0.666. The van der Waals surface area contributed by atoms with E-state index in [2.05, 4.69) is 22.6 Å². The zero-order valence-corrected chi connectivity index (χ0v) is 13.9. The average molecular weight is 326 g/mol. The lowest BCUT2D eigenvalue weighted by molar-refractivity contribution is 0.340. The van der Waals surface area contributed by atoms with Gasteiger partial charge in [-0.25, -0.2) is 4.98 Å². The zero-order chi connectivity index (χ0) is 16.2. The third-order valence-corrected chi connectivity index (χ3v) is 3.83. The number of aromatic nitrogens is 2. The van der Waals surface area contributed by atoms with Crippen LogP contribution in [0.4, 0.5) is 0 Å². The molecule has 0 aliphatic heterocycles. The van der Waals surface area contributed by atoms with Gasteiger partial charge in [-0.05, 0) is 55.5 Å². The van der Waals surface area contributed by atoms with Crippen LogP contribution in [-0.2, 0) is 0 Å². The second kappa shape index (κ2) is 6.79. The van der Waals surface area contributed by atoms with Crippen LogP contribution in [0.1, 0.15) is 6.92 Å². The summed E-state index contributed by atoms with van der Waals surface area (Å²) in [7, 11) is 1.65. The van der Waals surface area contributed by atoms with E-state index in [0.717, 1.165) is 34.1 Å². The van der Waals surface area contributed by atoms with E-state index < -0.39 is 0 Å². The first kappa shape index (κ1) is 15.5. The molecule has 2 aromatic carbocycles. The predicted molar refractivity (Wildman–Crippen MR) is 94.4 cm³/mol. The van der Waals surface area contributed by atoms with Crippen molar-refractivity contribution in [3.8, 4) is 34.1 Å². The molecule has 3 rings (SSSR count). The normalized spacial score (nSPS) is 10.6. The molecule has 5 heteroatoms. The van der Waals surface area contributed by atoms with Gasteiger partial charge >= 0.3 is 0 Å². The van der Waals surface area contributed by atoms with Crippen LogP contribution in [-0.4, -0.2) is 23.7 Å². The molecule has 0 spiro atoms. The Kier molecular flexibility index (Phi) is 4.57. The number of hydrogen-bond donors (Lipinski definition) is 2. The Morgan fingerprint density at radius 3 is 2.17 bits per heavy atom. The maximum absolute atomic E-state index is 5.46. The number of rotatable bonds is 5. The molecule has 4 nitrogen and oxygen atoms in total. The van der Waals surface area contributed by atoms with E-state index in [-0.39, 0.29) is 0 Å². The second-order valence-electron chi connectivity index (χ2n) is 4.97. The van der Waals surface area contributed by atoms with E-state index in [1.165, 1.54) is 0 Å². The van der Waals surface area contributed by atoms with Crippen molar-refractivity contribution in [3.63, 3.8) is 0 Å². The Hall–Kier alpha value is -2.40. The number of nitrogens with one attached hydrogen (secondary N) is 1. The first-order valence-electron chi connectivity index (χ1n) is 7.38. The minimum absolute atomic E-state index is 0.655. The highest BCUT2D eigenvalue weighted by Gasteiger charge is 2.11. The Morgan fingerprint density at radius 2 is 1.57 bits per heavy atom. The summed E-state index contributed by atoms with van der Waals surface area (Å²) in [5.41, 5.74) is 2.89. The van der Waals surface area contributed by atoms with E-state index in [1.807, 2.05) is 55.5 Å². The summed E-state index contributed by atoms with van der Waals surface area (Å²) >= 11 is 4.48. The highest BCUT2D eigenvalue weighted by Crippen LogP contribution is 2.30. The van der Waals surface area contributed by atoms with Crippen molar-refractivity contribution in [3.05, 3.63) is 48.5 Å². The van der Waals surface area contributed by atoms with Gasteiger partial charge < -0.3 is 14.5 Å². The highest BCUT2D eigenvalue weighted by atomic mass is 32.1. The standard InChI is InChI=1S/C18H18N2O2S/c1-3-22-15-10-6-13(7-11-15)17-19-16(18(23)20-17)12-4-8-14(21-2)9-5-12/h4-11,23H,3H2,1-2H3,(H,19,20). The van der Waals surface area contributed by atoms with Crippen molar-refractivity contribution in [1.29, 1.82) is 0 Å². The monoisotopic (exact) mass is 326 g/mol. The van der Waals surface area contributed by atoms with Gasteiger partial charge in [0.2, 0.25) is 0 Å². The smallest absolute Gasteiger partial charge is 0.139 e. The van der Waals surface area contributed by atoms with E-state index in [4.69, 9.17) is 9.47 Å². The minimum Gasteiger partial charge on any atom is -0.497 e. The van der Waals surface area contributed by atoms with Gasteiger partial charge in [-0.15, -0.1) is 12.6 Å². The SMILES string of the molecule is CCOc1ccc(-c2nc(S)c(-c3ccc(OC)cc3)[nH]2)cc1. The fraction of sp³-hybridized carbons (Fsp3) is 0.167. The third kappa shape index (κ3) is 3.35. The van der Waals surface area contributed by atoms with Crippen molar-refractivity contribution < 1.29 is 9.47 Å². The van der Waals surface area contributed by atoms with Crippen LogP contribution in [0.5, 0.6) is 11.5 Å². The molecule has 1 aromatic heterocycles. The van der Waals surface area contributed by atoms with Gasteiger partial charge in [0.25, 0.3) is 0 Å². The molecule has 0 amide bonds. The fourth-order valence-corrected chi connectivity index (χ4v) is 2.62. The van der Waals surface area contributed by atoms with Crippen molar-refractivity contribution in [1.82, 2.24) is 9.97 Å². The Morgan fingerprint density at radius 1 is 0.957 bits per heavy atom. The zero-order valence-electron chi connectivity index (χ0n) is 13.0. The van der Waals surface area contributed by atoms with Crippen LogP contribution in [0.25, 0.3) is 22.6 Å². The first-order valence-corrected chi connectivity index (χ1v) is 7.82. The van der Waals surface area contributed by atoms with Crippen molar-refractivity contribution in [2.75, 3.05) is 13.7 Å². The number of methoxy groups -OCH3 is 1. The number of nitrogens with zero attached hydrogens (tertiary/aromatic N) is 1. The molecule has 1 N–H and O–H groups in total. The maximum atomic E-state index is 5.46. The summed E-state index contributed by atoms with van der Waals surface area (Å²) in [4.78, 5) is 7.85. The number of thiol groups is 1. The molecule has 0 atom stereocenters. The summed E-state index contributed by atoms with van der Waals surface area (Å²) in [6, 6.07) is 15.6. The number of ether oxygens (including phenoxy) is 2. The Labute approximate surface area is 140 Å². The molecule has 1 heterocycles. The molecular formula is C18H18N2O2S. The molecule has 0 aliphatic rings. The van der Waals surface area contributed by atoms with Crippen LogP contribution in [0.15, 0.2) is 53.6 Å². The topological polar surface area (TPSA) is 47.1 Å². The molecule has 0 unspecified atom stereocenters. The van der Waals surface area contributed by atoms with Gasteiger partial charge in [0.1, 0.15) is 22.3 Å². The predicted octanol–water partition coefficient (Wildman–Crippen LogP) is 4.44. The quantitative estimate of drug-likeness (QED) is 0.681. The van der Waals surface area contributed by atoms with Gasteiger partial charge in [0.05, 0.1) is 19.4 Å². The number of benzene rings is 2. The summed E-state index contributed by atoms with van der Waals surface area (Å²) in [5.74, 6) is 2.45. The molecule has 0 saturated carbocycles. The number of imidazole rings is 1. The van der Waals surface area contributed by atoms with Gasteiger partial charge in [-0.2, -0.15) is 0 Å². The van der Waals surface area contributed by atoms with Gasteiger partial charge in [0, 0.05) is 11.1 Å². The molecule has 0 fully saturated rings. The van der Waals surface area contributed by atoms with Crippen molar-refractivity contribution >= 4 is 12.6 Å². The van der Waals surface area contributed by atoms with E-state index >= 15 is 0 Å². The van der Waals surface area contributed by atoms with Crippen LogP contribution < -0.4 is 9.47 Å². The lowest BCUT2D eigenvalue weighted by Gasteiger charge is -2.03. The summed E-state index contributed by atoms with van der Waals surface area (Å²) in [6.45, 7) is 2.62. The van der Waals surface area contributed by atoms with Crippen LogP contribution in [0.2, 0.25) is 0 Å². The largest absolute Gasteiger partial charge is 0.497 e. The van der Waals surface area contributed by atoms with Crippen molar-refractivity contribution in [2.24, 2.45) is 0 Å². The molecule has 23 heavy (non-hydrogen) atoms. The minimum atomic E-state index is 0.655. The van der Waals surface area contributed by atoms with Crippen molar-refractivity contribution in [2.45, 2.75) is 11.9 Å². The van der Waals surface area contributed by atoms with Gasteiger partial charge in [0.15, 0.2) is 0 Å². The number of hydrogen-bond acceptors (Lipinski definition) is 4. The number of H-pyrrole nitrogens is 1. The lowest BCUT2D eigenvalue weighted by Crippen LogP contribution is -1.90. The van der Waals surface area contributed by atoms with E-state index in [9.17, 15) is 0 Å². The van der Waals surface area contributed by atoms with Crippen LogP contribution >= 0.6 is 12.6 Å². The molecule has 0 radical (unpaired) electrons. The molecule has 3 aromatic rings. The molecule has 0 saturated heterocycles. The second-order valence-corrected chi connectivity index (χ2v) is 5.39. The first-order chi connectivity index (χ1) is 11.2. The third-order valence-electron chi connectivity index (χ3n) is 3.50. The van der Waals surface area contributed by atoms with Gasteiger partial charge in [-0.1, -0.05) is 0 Å². The summed E-state index contributed by atoms with van der Waals surface area (Å²) < 4.78 is 10.6. The molecule has 0 aliphatic carbocycles. The Balaban J connectivity index is 1.90. The number of aromatic amines is 1. The lowest BCUT2D eigenvalue weighted by atomic mass is 10.1. The fourth-order valence-electron chi connectivity index (χ4n) is 2.34. The van der Waals surface area contributed by atoms with Crippen LogP contribution in [0, 0.1) is 0 Å². The van der Waals surface area contributed by atoms with E-state index in [1.54, 1.807) is 7.11 Å². The Bertz CT molecular complexity index is 780. The molecule has 0 bridgehead atoms. The summed E-state index contributed by atoms with van der Waals surface area (Å²) in [6.07, 6.45) is 0. The van der Waals surface area contributed by atoms with E-state index in [0.29, 0.717) is 11.6 Å². The molecular weight excluding hydrogens is 308 g/mol. The average Bonchev–Trinajstić information content (AvgIpc) is 2.98. The van der Waals surface area contributed by atoms with Gasteiger partial charge in [-0.3, -0.25) is 0 Å². The van der Waals surface area contributed by atoms with Crippen LogP contribution in [0.3, 0.4) is 0 Å².